The number of rotatable bonds is 1. The number of nitrogens with one attached hydrogen (secondary N) is 1. The highest BCUT2D eigenvalue weighted by Crippen LogP contribution is 2.14. The van der Waals surface area contributed by atoms with Crippen LogP contribution >= 0.6 is 0 Å². The van der Waals surface area contributed by atoms with Crippen molar-refractivity contribution in [1.82, 2.24) is 9.55 Å². The van der Waals surface area contributed by atoms with E-state index in [2.05, 4.69) is 10.3 Å². The maximum Gasteiger partial charge on any atom is 0.350 e. The summed E-state index contributed by atoms with van der Waals surface area (Å²) >= 11 is 0. The summed E-state index contributed by atoms with van der Waals surface area (Å²) in [6.45, 7) is 8.96. The van der Waals surface area contributed by atoms with Crippen molar-refractivity contribution in [3.63, 3.8) is 0 Å². The van der Waals surface area contributed by atoms with Crippen LogP contribution in [0.3, 0.4) is 0 Å². The molecule has 88 valence electrons. The molecule has 0 aromatic carbocycles. The molecule has 0 aliphatic heterocycles. The zero-order valence-electron chi connectivity index (χ0n) is 10.3. The Morgan fingerprint density at radius 1 is 1.44 bits per heavy atom. The second-order valence-electron chi connectivity index (χ2n) is 4.78. The normalized spacial score (nSPS) is 11.3. The fourth-order valence-electron chi connectivity index (χ4n) is 1.32. The summed E-state index contributed by atoms with van der Waals surface area (Å²) in [5.74, 6) is 0.0986. The molecule has 16 heavy (non-hydrogen) atoms. The summed E-state index contributed by atoms with van der Waals surface area (Å²) < 4.78 is 1.55. The molecule has 0 bridgehead atoms. The van der Waals surface area contributed by atoms with E-state index in [1.165, 1.54) is 6.92 Å². The molecule has 5 nitrogen and oxygen atoms in total. The van der Waals surface area contributed by atoms with Crippen molar-refractivity contribution >= 4 is 11.7 Å². The van der Waals surface area contributed by atoms with Gasteiger partial charge in [-0.3, -0.25) is 9.36 Å². The standard InChI is InChI=1S/C11H17N3O2/c1-7-6-14(11(3,4)5)10(16)13-9(7)12-8(2)15/h6H,1-5H3,(H,12,13,15,16). The van der Waals surface area contributed by atoms with Crippen LogP contribution in [0.1, 0.15) is 33.3 Å². The van der Waals surface area contributed by atoms with E-state index in [4.69, 9.17) is 0 Å². The number of carbonyl (C=O) groups excluding carboxylic acids is 1. The van der Waals surface area contributed by atoms with Gasteiger partial charge in [0.2, 0.25) is 5.91 Å². The predicted molar refractivity (Wildman–Crippen MR) is 62.5 cm³/mol. The smallest absolute Gasteiger partial charge is 0.311 e. The number of carbonyl (C=O) groups is 1. The zero-order valence-corrected chi connectivity index (χ0v) is 10.3. The maximum atomic E-state index is 11.7. The van der Waals surface area contributed by atoms with Gasteiger partial charge in [0.25, 0.3) is 0 Å². The van der Waals surface area contributed by atoms with E-state index in [9.17, 15) is 9.59 Å². The van der Waals surface area contributed by atoms with Crippen molar-refractivity contribution in [3.05, 3.63) is 22.2 Å². The first kappa shape index (κ1) is 12.4. The third-order valence-electron chi connectivity index (χ3n) is 2.13. The van der Waals surface area contributed by atoms with Gasteiger partial charge in [0, 0.05) is 24.2 Å². The van der Waals surface area contributed by atoms with Crippen LogP contribution in [-0.4, -0.2) is 15.5 Å². The van der Waals surface area contributed by atoms with Gasteiger partial charge >= 0.3 is 5.69 Å². The van der Waals surface area contributed by atoms with Gasteiger partial charge < -0.3 is 5.32 Å². The molecule has 0 aliphatic carbocycles. The zero-order chi connectivity index (χ0) is 12.5. The minimum absolute atomic E-state index is 0.233. The molecule has 1 aromatic heterocycles. The van der Waals surface area contributed by atoms with Gasteiger partial charge in [-0.2, -0.15) is 4.98 Å². The lowest BCUT2D eigenvalue weighted by atomic mass is 10.1. The molecule has 0 unspecified atom stereocenters. The van der Waals surface area contributed by atoms with Gasteiger partial charge in [-0.15, -0.1) is 0 Å². The molecular formula is C11H17N3O2. The first-order valence-corrected chi connectivity index (χ1v) is 5.10. The molecule has 0 aliphatic rings. The van der Waals surface area contributed by atoms with Crippen molar-refractivity contribution in [3.8, 4) is 0 Å². The maximum absolute atomic E-state index is 11.7. The minimum Gasteiger partial charge on any atom is -0.311 e. The van der Waals surface area contributed by atoms with Gasteiger partial charge in [0.15, 0.2) is 0 Å². The van der Waals surface area contributed by atoms with Crippen molar-refractivity contribution in [2.24, 2.45) is 0 Å². The number of aromatic nitrogens is 2. The van der Waals surface area contributed by atoms with Crippen LogP contribution in [0.4, 0.5) is 5.82 Å². The van der Waals surface area contributed by atoms with Crippen LogP contribution < -0.4 is 11.0 Å². The Morgan fingerprint density at radius 3 is 2.44 bits per heavy atom. The molecular weight excluding hydrogens is 206 g/mol. The Bertz CT molecular complexity index is 469. The molecule has 5 heteroatoms. The van der Waals surface area contributed by atoms with Crippen LogP contribution in [0, 0.1) is 6.92 Å². The van der Waals surface area contributed by atoms with Gasteiger partial charge in [-0.25, -0.2) is 4.79 Å². The van der Waals surface area contributed by atoms with E-state index in [1.54, 1.807) is 17.7 Å². The van der Waals surface area contributed by atoms with Crippen LogP contribution in [-0.2, 0) is 10.3 Å². The lowest BCUT2D eigenvalue weighted by Gasteiger charge is -2.22. The first-order valence-electron chi connectivity index (χ1n) is 5.10. The van der Waals surface area contributed by atoms with E-state index in [0.29, 0.717) is 5.82 Å². The molecule has 0 saturated carbocycles. The molecule has 0 radical (unpaired) electrons. The fourth-order valence-corrected chi connectivity index (χ4v) is 1.32. The number of anilines is 1. The first-order chi connectivity index (χ1) is 7.21. The number of nitrogens with zero attached hydrogens (tertiary/aromatic N) is 2. The van der Waals surface area contributed by atoms with Crippen LogP contribution in [0.2, 0.25) is 0 Å². The van der Waals surface area contributed by atoms with Crippen molar-refractivity contribution in [2.45, 2.75) is 40.2 Å². The second-order valence-corrected chi connectivity index (χ2v) is 4.78. The highest BCUT2D eigenvalue weighted by atomic mass is 16.2. The summed E-state index contributed by atoms with van der Waals surface area (Å²) in [6.07, 6.45) is 1.71. The number of hydrogen-bond acceptors (Lipinski definition) is 3. The Hall–Kier alpha value is -1.65. The van der Waals surface area contributed by atoms with Crippen LogP contribution in [0.5, 0.6) is 0 Å². The summed E-state index contributed by atoms with van der Waals surface area (Å²) in [6, 6.07) is 0. The SMILES string of the molecule is CC(=O)Nc1nc(=O)n(C(C)(C)C)cc1C. The Labute approximate surface area is 94.5 Å². The molecule has 1 rings (SSSR count). The van der Waals surface area contributed by atoms with Gasteiger partial charge in [0.1, 0.15) is 5.82 Å². The average molecular weight is 223 g/mol. The molecule has 0 saturated heterocycles. The molecule has 0 fully saturated rings. The van der Waals surface area contributed by atoms with Crippen LogP contribution in [0.15, 0.2) is 11.0 Å². The minimum atomic E-state index is -0.359. The predicted octanol–water partition coefficient (Wildman–Crippen LogP) is 1.27. The van der Waals surface area contributed by atoms with Crippen LogP contribution in [0.25, 0.3) is 0 Å². The lowest BCUT2D eigenvalue weighted by molar-refractivity contribution is -0.114. The van der Waals surface area contributed by atoms with E-state index in [-0.39, 0.29) is 17.1 Å². The van der Waals surface area contributed by atoms with E-state index in [0.717, 1.165) is 5.56 Å². The fraction of sp³-hybridized carbons (Fsp3) is 0.545. The molecule has 0 atom stereocenters. The van der Waals surface area contributed by atoms with Crippen molar-refractivity contribution in [1.29, 1.82) is 0 Å². The molecule has 1 amide bonds. The number of hydrogen-bond donors (Lipinski definition) is 1. The number of aryl methyl sites for hydroxylation is 1. The number of amides is 1. The van der Waals surface area contributed by atoms with E-state index in [1.807, 2.05) is 20.8 Å². The topological polar surface area (TPSA) is 64.0 Å². The highest BCUT2D eigenvalue weighted by molar-refractivity contribution is 5.88. The summed E-state index contributed by atoms with van der Waals surface area (Å²) in [4.78, 5) is 26.5. The largest absolute Gasteiger partial charge is 0.350 e. The Kier molecular flexibility index (Phi) is 3.16. The average Bonchev–Trinajstić information content (AvgIpc) is 2.07. The van der Waals surface area contributed by atoms with Gasteiger partial charge in [0.05, 0.1) is 0 Å². The quantitative estimate of drug-likeness (QED) is 0.779. The van der Waals surface area contributed by atoms with Crippen molar-refractivity contribution in [2.75, 3.05) is 5.32 Å². The molecule has 1 N–H and O–H groups in total. The summed E-state index contributed by atoms with van der Waals surface area (Å²) in [5.41, 5.74) is 0.0930. The Morgan fingerprint density at radius 2 is 2.00 bits per heavy atom. The van der Waals surface area contributed by atoms with Gasteiger partial charge in [-0.1, -0.05) is 0 Å². The monoisotopic (exact) mass is 223 g/mol. The van der Waals surface area contributed by atoms with E-state index < -0.39 is 0 Å². The third-order valence-corrected chi connectivity index (χ3v) is 2.13. The van der Waals surface area contributed by atoms with Crippen molar-refractivity contribution < 1.29 is 4.79 Å². The molecule has 1 heterocycles. The van der Waals surface area contributed by atoms with Gasteiger partial charge in [-0.05, 0) is 27.7 Å². The third kappa shape index (κ3) is 2.68. The second kappa shape index (κ2) is 4.08. The van der Waals surface area contributed by atoms with E-state index >= 15 is 0 Å². The summed E-state index contributed by atoms with van der Waals surface area (Å²) in [5, 5.41) is 2.53. The summed E-state index contributed by atoms with van der Waals surface area (Å²) in [7, 11) is 0. The Balaban J connectivity index is 3.28. The lowest BCUT2D eigenvalue weighted by Crippen LogP contribution is -2.36. The highest BCUT2D eigenvalue weighted by Gasteiger charge is 2.16. The molecule has 1 aromatic rings. The molecule has 0 spiro atoms.